The first-order valence-electron chi connectivity index (χ1n) is 9.82. The third kappa shape index (κ3) is 6.98. The van der Waals surface area contributed by atoms with Crippen LogP contribution < -0.4 is 25.0 Å². The van der Waals surface area contributed by atoms with E-state index < -0.39 is 11.8 Å². The highest BCUT2D eigenvalue weighted by atomic mass is 35.5. The lowest BCUT2D eigenvalue weighted by molar-refractivity contribution is -0.136. The van der Waals surface area contributed by atoms with Crippen molar-refractivity contribution in [2.75, 3.05) is 19.5 Å². The van der Waals surface area contributed by atoms with Crippen LogP contribution in [0, 0.1) is 0 Å². The Kier molecular flexibility index (Phi) is 8.26. The number of anilines is 1. The molecule has 33 heavy (non-hydrogen) atoms. The molecule has 0 aliphatic rings. The molecule has 0 radical (unpaired) electrons. The van der Waals surface area contributed by atoms with E-state index in [1.807, 2.05) is 24.3 Å². The summed E-state index contributed by atoms with van der Waals surface area (Å²) >= 11 is 5.87. The lowest BCUT2D eigenvalue weighted by Crippen LogP contribution is -2.32. The molecule has 0 aliphatic heterocycles. The standard InChI is InChI=1S/C24H22ClN3O5/c1-31-21-12-9-19(13-22(21)32-2)27-23(29)24(30)28-26-14-16-5-10-20(11-6-16)33-15-17-3-7-18(25)8-4-17/h3-14H,15H2,1-2H3,(H,27,29)(H,28,30). The van der Waals surface area contributed by atoms with Crippen LogP contribution in [0.3, 0.4) is 0 Å². The van der Waals surface area contributed by atoms with Crippen molar-refractivity contribution in [2.24, 2.45) is 5.10 Å². The predicted octanol–water partition coefficient (Wildman–Crippen LogP) is 4.03. The summed E-state index contributed by atoms with van der Waals surface area (Å²) in [5.74, 6) is -0.171. The van der Waals surface area contributed by atoms with Gasteiger partial charge in [-0.3, -0.25) is 9.59 Å². The van der Waals surface area contributed by atoms with Crippen molar-refractivity contribution in [3.63, 3.8) is 0 Å². The van der Waals surface area contributed by atoms with E-state index in [9.17, 15) is 9.59 Å². The van der Waals surface area contributed by atoms with Crippen LogP contribution in [0.5, 0.6) is 17.2 Å². The number of carbonyl (C=O) groups excluding carboxylic acids is 2. The Balaban J connectivity index is 1.48. The minimum absolute atomic E-state index is 0.381. The maximum atomic E-state index is 12.1. The van der Waals surface area contributed by atoms with Gasteiger partial charge in [-0.15, -0.1) is 0 Å². The fourth-order valence-corrected chi connectivity index (χ4v) is 2.84. The SMILES string of the molecule is COc1ccc(NC(=O)C(=O)NN=Cc2ccc(OCc3ccc(Cl)cc3)cc2)cc1OC. The molecule has 0 bridgehead atoms. The van der Waals surface area contributed by atoms with Crippen molar-refractivity contribution in [2.45, 2.75) is 6.61 Å². The number of nitrogens with one attached hydrogen (secondary N) is 2. The Hall–Kier alpha value is -4.04. The molecule has 2 N–H and O–H groups in total. The van der Waals surface area contributed by atoms with E-state index in [2.05, 4.69) is 15.8 Å². The smallest absolute Gasteiger partial charge is 0.329 e. The third-order valence-corrected chi connectivity index (χ3v) is 4.68. The lowest BCUT2D eigenvalue weighted by atomic mass is 10.2. The molecule has 0 fully saturated rings. The Morgan fingerprint density at radius 2 is 1.61 bits per heavy atom. The maximum absolute atomic E-state index is 12.1. The number of rotatable bonds is 8. The van der Waals surface area contributed by atoms with Crippen LogP contribution >= 0.6 is 11.6 Å². The zero-order valence-electron chi connectivity index (χ0n) is 18.0. The molecule has 170 valence electrons. The second-order valence-corrected chi connectivity index (χ2v) is 7.14. The van der Waals surface area contributed by atoms with Crippen LogP contribution in [0.25, 0.3) is 0 Å². The molecule has 3 aromatic rings. The first kappa shape index (κ1) is 23.6. The molecule has 0 saturated heterocycles. The van der Waals surface area contributed by atoms with Gasteiger partial charge in [0.1, 0.15) is 12.4 Å². The average molecular weight is 468 g/mol. The van der Waals surface area contributed by atoms with Gasteiger partial charge in [-0.2, -0.15) is 5.10 Å². The molecule has 0 unspecified atom stereocenters. The number of hydrogen-bond acceptors (Lipinski definition) is 6. The van der Waals surface area contributed by atoms with E-state index in [1.54, 1.807) is 42.5 Å². The fraction of sp³-hybridized carbons (Fsp3) is 0.125. The molecule has 8 nitrogen and oxygen atoms in total. The highest BCUT2D eigenvalue weighted by Gasteiger charge is 2.14. The summed E-state index contributed by atoms with van der Waals surface area (Å²) in [6.07, 6.45) is 1.42. The Bertz CT molecular complexity index is 1130. The van der Waals surface area contributed by atoms with Crippen LogP contribution in [0.4, 0.5) is 5.69 Å². The third-order valence-electron chi connectivity index (χ3n) is 4.43. The van der Waals surface area contributed by atoms with Gasteiger partial charge >= 0.3 is 11.8 Å². The molecule has 9 heteroatoms. The van der Waals surface area contributed by atoms with Crippen molar-refractivity contribution in [1.82, 2.24) is 5.43 Å². The van der Waals surface area contributed by atoms with Gasteiger partial charge in [0.2, 0.25) is 0 Å². The summed E-state index contributed by atoms with van der Waals surface area (Å²) in [6, 6.07) is 19.3. The number of amides is 2. The minimum Gasteiger partial charge on any atom is -0.493 e. The number of ether oxygens (including phenoxy) is 3. The van der Waals surface area contributed by atoms with Gasteiger partial charge in [0.25, 0.3) is 0 Å². The molecule has 0 aromatic heterocycles. The van der Waals surface area contributed by atoms with E-state index in [4.69, 9.17) is 25.8 Å². The number of hydrazone groups is 1. The van der Waals surface area contributed by atoms with Gasteiger partial charge < -0.3 is 19.5 Å². The second kappa shape index (κ2) is 11.5. The largest absolute Gasteiger partial charge is 0.493 e. The van der Waals surface area contributed by atoms with Crippen molar-refractivity contribution >= 4 is 35.3 Å². The zero-order chi connectivity index (χ0) is 23.6. The maximum Gasteiger partial charge on any atom is 0.329 e. The Morgan fingerprint density at radius 1 is 0.909 bits per heavy atom. The van der Waals surface area contributed by atoms with Gasteiger partial charge in [0, 0.05) is 16.8 Å². The Morgan fingerprint density at radius 3 is 2.27 bits per heavy atom. The molecular formula is C24H22ClN3O5. The second-order valence-electron chi connectivity index (χ2n) is 6.71. The molecule has 0 atom stereocenters. The molecule has 0 aliphatic carbocycles. The lowest BCUT2D eigenvalue weighted by Gasteiger charge is -2.10. The number of methoxy groups -OCH3 is 2. The van der Waals surface area contributed by atoms with Crippen LogP contribution in [-0.2, 0) is 16.2 Å². The zero-order valence-corrected chi connectivity index (χ0v) is 18.8. The highest BCUT2D eigenvalue weighted by molar-refractivity contribution is 6.39. The van der Waals surface area contributed by atoms with Gasteiger partial charge in [0.15, 0.2) is 11.5 Å². The van der Waals surface area contributed by atoms with Crippen LogP contribution in [-0.4, -0.2) is 32.2 Å². The molecule has 3 aromatic carbocycles. The van der Waals surface area contributed by atoms with E-state index >= 15 is 0 Å². The van der Waals surface area contributed by atoms with Crippen LogP contribution in [0.2, 0.25) is 5.02 Å². The van der Waals surface area contributed by atoms with Crippen molar-refractivity contribution in [1.29, 1.82) is 0 Å². The topological polar surface area (TPSA) is 98.2 Å². The fourth-order valence-electron chi connectivity index (χ4n) is 2.72. The number of benzene rings is 3. The number of nitrogens with zero attached hydrogens (tertiary/aromatic N) is 1. The summed E-state index contributed by atoms with van der Waals surface area (Å²) in [5.41, 5.74) is 4.29. The van der Waals surface area contributed by atoms with E-state index in [-0.39, 0.29) is 0 Å². The highest BCUT2D eigenvalue weighted by Crippen LogP contribution is 2.29. The molecule has 0 spiro atoms. The molecular weight excluding hydrogens is 446 g/mol. The summed E-state index contributed by atoms with van der Waals surface area (Å²) in [5, 5.41) is 6.96. The average Bonchev–Trinajstić information content (AvgIpc) is 2.84. The van der Waals surface area contributed by atoms with E-state index in [1.165, 1.54) is 20.4 Å². The molecule has 3 rings (SSSR count). The minimum atomic E-state index is -0.913. The number of carbonyl (C=O) groups is 2. The first-order chi connectivity index (χ1) is 16.0. The van der Waals surface area contributed by atoms with Crippen molar-refractivity contribution < 1.29 is 23.8 Å². The van der Waals surface area contributed by atoms with Crippen LogP contribution in [0.15, 0.2) is 71.8 Å². The summed E-state index contributed by atoms with van der Waals surface area (Å²) < 4.78 is 16.0. The van der Waals surface area contributed by atoms with Gasteiger partial charge in [-0.1, -0.05) is 23.7 Å². The summed E-state index contributed by atoms with van der Waals surface area (Å²) in [4.78, 5) is 24.1. The summed E-state index contributed by atoms with van der Waals surface area (Å²) in [7, 11) is 2.98. The van der Waals surface area contributed by atoms with Gasteiger partial charge in [0.05, 0.1) is 20.4 Å². The van der Waals surface area contributed by atoms with Gasteiger partial charge in [-0.25, -0.2) is 5.43 Å². The predicted molar refractivity (Wildman–Crippen MR) is 126 cm³/mol. The quantitative estimate of drug-likeness (QED) is 0.296. The molecule has 0 heterocycles. The monoisotopic (exact) mass is 467 g/mol. The first-order valence-corrected chi connectivity index (χ1v) is 10.2. The number of halogens is 1. The molecule has 2 amide bonds. The summed E-state index contributed by atoms with van der Waals surface area (Å²) in [6.45, 7) is 0.413. The molecule has 0 saturated carbocycles. The Labute approximate surface area is 196 Å². The van der Waals surface area contributed by atoms with E-state index in [0.717, 1.165) is 11.1 Å². The van der Waals surface area contributed by atoms with Crippen molar-refractivity contribution in [3.05, 3.63) is 82.9 Å². The number of hydrogen-bond donors (Lipinski definition) is 2. The normalized spacial score (nSPS) is 10.5. The van der Waals surface area contributed by atoms with Gasteiger partial charge in [-0.05, 0) is 59.7 Å². The van der Waals surface area contributed by atoms with E-state index in [0.29, 0.717) is 34.6 Å². The van der Waals surface area contributed by atoms with Crippen LogP contribution in [0.1, 0.15) is 11.1 Å². The van der Waals surface area contributed by atoms with Crippen molar-refractivity contribution in [3.8, 4) is 17.2 Å².